The average Bonchev–Trinajstić information content (AvgIpc) is 2.01. The fourth-order valence-electron chi connectivity index (χ4n) is 0.739. The summed E-state index contributed by atoms with van der Waals surface area (Å²) in [6.07, 6.45) is 0. The smallest absolute Gasteiger partial charge is 0.196 e. The van der Waals surface area contributed by atoms with E-state index < -0.39 is 0 Å². The molecule has 0 heterocycles. The maximum absolute atomic E-state index is 11.1. The van der Waals surface area contributed by atoms with Crippen molar-refractivity contribution in [3.8, 4) is 0 Å². The molecule has 0 bridgehead atoms. The molecule has 1 atom stereocenters. The van der Waals surface area contributed by atoms with Crippen LogP contribution in [0, 0.1) is 0 Å². The molecule has 0 amide bonds. The summed E-state index contributed by atoms with van der Waals surface area (Å²) in [5.74, 6) is 0. The van der Waals surface area contributed by atoms with E-state index >= 15 is 0 Å². The number of carbonyl (C=O) groups excluding carboxylic acids is 1. The second kappa shape index (κ2) is 4.43. The molecular weight excluding hydrogens is 237 g/mol. The van der Waals surface area contributed by atoms with Crippen molar-refractivity contribution in [3.63, 3.8) is 0 Å². The first kappa shape index (κ1) is 10.3. The largest absolute Gasteiger partial charge is 0.288 e. The average molecular weight is 241 g/mol. The van der Waals surface area contributed by atoms with Crippen molar-refractivity contribution in [2.24, 2.45) is 0 Å². The van der Waals surface area contributed by atoms with Gasteiger partial charge in [-0.05, 0) is 18.2 Å². The number of hydrogen-bond acceptors (Lipinski definition) is 1. The SMILES string of the molecule is O=C(PCl)c1cc(Cl)cc(Cl)c1. The lowest BCUT2D eigenvalue weighted by molar-refractivity contribution is 0.108. The quantitative estimate of drug-likeness (QED) is 0.716. The number of hydrogen-bond donors (Lipinski definition) is 0. The van der Waals surface area contributed by atoms with Gasteiger partial charge in [0.2, 0.25) is 0 Å². The fourth-order valence-corrected chi connectivity index (χ4v) is 1.85. The van der Waals surface area contributed by atoms with Crippen LogP contribution in [0.1, 0.15) is 10.4 Å². The highest BCUT2D eigenvalue weighted by atomic mass is 35.7. The van der Waals surface area contributed by atoms with Crippen LogP contribution in [-0.4, -0.2) is 5.52 Å². The molecule has 1 aromatic rings. The molecule has 1 rings (SSSR count). The number of halogens is 3. The van der Waals surface area contributed by atoms with Crippen molar-refractivity contribution >= 4 is 47.9 Å². The highest BCUT2D eigenvalue weighted by Gasteiger charge is 2.05. The molecule has 1 aromatic carbocycles. The number of carbonyl (C=O) groups is 1. The van der Waals surface area contributed by atoms with Gasteiger partial charge in [0.05, 0.1) is 7.93 Å². The number of benzene rings is 1. The summed E-state index contributed by atoms with van der Waals surface area (Å²) in [4.78, 5) is 11.1. The third kappa shape index (κ3) is 2.60. The Hall–Kier alpha value is 0.190. The Bertz CT molecular complexity index is 293. The second-order valence-electron chi connectivity index (χ2n) is 2.08. The molecular formula is C7H4Cl3OP. The lowest BCUT2D eigenvalue weighted by atomic mass is 10.2. The molecule has 0 saturated carbocycles. The van der Waals surface area contributed by atoms with Gasteiger partial charge in [0.1, 0.15) is 0 Å². The summed E-state index contributed by atoms with van der Waals surface area (Å²) in [6.45, 7) is 0. The molecule has 5 heteroatoms. The van der Waals surface area contributed by atoms with Crippen LogP contribution >= 0.6 is 42.4 Å². The summed E-state index contributed by atoms with van der Waals surface area (Å²) < 4.78 is 0. The minimum absolute atomic E-state index is 0.152. The van der Waals surface area contributed by atoms with E-state index in [4.69, 9.17) is 34.4 Å². The van der Waals surface area contributed by atoms with E-state index in [2.05, 4.69) is 0 Å². The Morgan fingerprint density at radius 2 is 1.67 bits per heavy atom. The predicted molar refractivity (Wildman–Crippen MR) is 55.0 cm³/mol. The first-order valence-corrected chi connectivity index (χ1v) is 5.77. The van der Waals surface area contributed by atoms with Crippen molar-refractivity contribution < 1.29 is 4.79 Å². The normalized spacial score (nSPS) is 10.9. The molecule has 0 radical (unpaired) electrons. The highest BCUT2D eigenvalue weighted by Crippen LogP contribution is 2.27. The molecule has 1 unspecified atom stereocenters. The Morgan fingerprint density at radius 1 is 1.17 bits per heavy atom. The van der Waals surface area contributed by atoms with Crippen LogP contribution in [-0.2, 0) is 0 Å². The van der Waals surface area contributed by atoms with Gasteiger partial charge in [-0.15, -0.1) is 0 Å². The van der Waals surface area contributed by atoms with Crippen LogP contribution < -0.4 is 0 Å². The van der Waals surface area contributed by atoms with Crippen molar-refractivity contribution in [2.75, 3.05) is 0 Å². The molecule has 0 aliphatic heterocycles. The molecule has 64 valence electrons. The van der Waals surface area contributed by atoms with Gasteiger partial charge in [-0.3, -0.25) is 4.79 Å². The third-order valence-electron chi connectivity index (χ3n) is 1.21. The highest BCUT2D eigenvalue weighted by molar-refractivity contribution is 7.83. The zero-order valence-corrected chi connectivity index (χ0v) is 9.04. The molecule has 0 aliphatic rings. The monoisotopic (exact) mass is 240 g/mol. The van der Waals surface area contributed by atoms with E-state index in [1.807, 2.05) is 0 Å². The van der Waals surface area contributed by atoms with Crippen LogP contribution in [0.5, 0.6) is 0 Å². The van der Waals surface area contributed by atoms with Gasteiger partial charge in [0.25, 0.3) is 0 Å². The first-order valence-electron chi connectivity index (χ1n) is 3.00. The molecule has 12 heavy (non-hydrogen) atoms. The van der Waals surface area contributed by atoms with Gasteiger partial charge in [0, 0.05) is 15.6 Å². The molecule has 1 nitrogen and oxygen atoms in total. The van der Waals surface area contributed by atoms with Crippen molar-refractivity contribution in [2.45, 2.75) is 0 Å². The predicted octanol–water partition coefficient (Wildman–Crippen LogP) is 3.97. The molecule has 0 fully saturated rings. The van der Waals surface area contributed by atoms with E-state index in [-0.39, 0.29) is 13.5 Å². The summed E-state index contributed by atoms with van der Waals surface area (Å²) in [5.41, 5.74) is 0.307. The maximum atomic E-state index is 11.1. The van der Waals surface area contributed by atoms with E-state index in [1.54, 1.807) is 18.2 Å². The van der Waals surface area contributed by atoms with Crippen LogP contribution in [0.25, 0.3) is 0 Å². The minimum Gasteiger partial charge on any atom is -0.288 e. The molecule has 0 spiro atoms. The topological polar surface area (TPSA) is 17.1 Å². The minimum atomic E-state index is -0.282. The van der Waals surface area contributed by atoms with Crippen LogP contribution in [0.4, 0.5) is 0 Å². The zero-order chi connectivity index (χ0) is 9.14. The van der Waals surface area contributed by atoms with E-state index in [0.717, 1.165) is 0 Å². The second-order valence-corrected chi connectivity index (χ2v) is 4.16. The first-order chi connectivity index (χ1) is 5.63. The summed E-state index contributed by atoms with van der Waals surface area (Å²) in [7, 11) is -0.282. The summed E-state index contributed by atoms with van der Waals surface area (Å²) in [5, 5.41) is 0.890. The maximum Gasteiger partial charge on any atom is 0.196 e. The molecule has 0 aliphatic carbocycles. The van der Waals surface area contributed by atoms with Crippen molar-refractivity contribution in [1.29, 1.82) is 0 Å². The van der Waals surface area contributed by atoms with Crippen LogP contribution in [0.15, 0.2) is 18.2 Å². The van der Waals surface area contributed by atoms with Gasteiger partial charge in [-0.1, -0.05) is 34.4 Å². The Labute approximate surface area is 86.6 Å². The van der Waals surface area contributed by atoms with E-state index in [0.29, 0.717) is 15.6 Å². The molecule has 0 N–H and O–H groups in total. The van der Waals surface area contributed by atoms with Gasteiger partial charge in [-0.25, -0.2) is 0 Å². The Morgan fingerprint density at radius 3 is 2.08 bits per heavy atom. The number of rotatable bonds is 2. The van der Waals surface area contributed by atoms with E-state index in [1.165, 1.54) is 0 Å². The van der Waals surface area contributed by atoms with Gasteiger partial charge >= 0.3 is 0 Å². The van der Waals surface area contributed by atoms with Crippen molar-refractivity contribution in [3.05, 3.63) is 33.8 Å². The van der Waals surface area contributed by atoms with E-state index in [9.17, 15) is 4.79 Å². The van der Waals surface area contributed by atoms with Crippen LogP contribution in [0.3, 0.4) is 0 Å². The summed E-state index contributed by atoms with van der Waals surface area (Å²) in [6, 6.07) is 4.66. The van der Waals surface area contributed by atoms with Gasteiger partial charge in [0.15, 0.2) is 5.52 Å². The molecule has 0 aromatic heterocycles. The zero-order valence-electron chi connectivity index (χ0n) is 5.77. The van der Waals surface area contributed by atoms with Gasteiger partial charge in [-0.2, -0.15) is 0 Å². The fraction of sp³-hybridized carbons (Fsp3) is 0. The Kier molecular flexibility index (Phi) is 3.79. The van der Waals surface area contributed by atoms with Crippen LogP contribution in [0.2, 0.25) is 10.0 Å². The third-order valence-corrected chi connectivity index (χ3v) is 2.62. The Balaban J connectivity index is 3.08. The standard InChI is InChI=1S/C7H4Cl3OP/c8-5-1-4(7(11)12-10)2-6(9)3-5/h1-3,12H. The molecule has 0 saturated heterocycles. The lowest BCUT2D eigenvalue weighted by Crippen LogP contribution is -1.88. The summed E-state index contributed by atoms with van der Waals surface area (Å²) >= 11 is 16.7. The lowest BCUT2D eigenvalue weighted by Gasteiger charge is -1.98. The van der Waals surface area contributed by atoms with Gasteiger partial charge < -0.3 is 0 Å². The van der Waals surface area contributed by atoms with Crippen molar-refractivity contribution in [1.82, 2.24) is 0 Å².